The molecule has 0 aliphatic rings. The van der Waals surface area contributed by atoms with Gasteiger partial charge in [0.1, 0.15) is 11.9 Å². The van der Waals surface area contributed by atoms with E-state index in [2.05, 4.69) is 5.32 Å². The van der Waals surface area contributed by atoms with Gasteiger partial charge in [-0.25, -0.2) is 4.39 Å². The molecule has 0 bridgehead atoms. The zero-order chi connectivity index (χ0) is 12.8. The Labute approximate surface area is 99.0 Å². The van der Waals surface area contributed by atoms with Gasteiger partial charge in [0.25, 0.3) is 0 Å². The highest BCUT2D eigenvalue weighted by Crippen LogP contribution is 2.04. The van der Waals surface area contributed by atoms with Crippen molar-refractivity contribution in [1.29, 1.82) is 0 Å². The maximum absolute atomic E-state index is 12.6. The van der Waals surface area contributed by atoms with Crippen LogP contribution in [0.25, 0.3) is 0 Å². The highest BCUT2D eigenvalue weighted by atomic mass is 19.1. The van der Waals surface area contributed by atoms with Crippen LogP contribution in [0.3, 0.4) is 0 Å². The monoisotopic (exact) mass is 237 g/mol. The smallest absolute Gasteiger partial charge is 0.239 e. The number of nitrogens with one attached hydrogen (secondary N) is 1. The van der Waals surface area contributed by atoms with Crippen LogP contribution in [0.4, 0.5) is 4.39 Å². The zero-order valence-electron chi connectivity index (χ0n) is 9.44. The third-order valence-electron chi connectivity index (χ3n) is 2.22. The SMILES string of the molecule is CC(NC(=O)[CH]Cc1ccc(F)cc1)C(N)=O. The van der Waals surface area contributed by atoms with Crippen molar-refractivity contribution in [3.05, 3.63) is 42.1 Å². The predicted molar refractivity (Wildman–Crippen MR) is 61.2 cm³/mol. The Kier molecular flexibility index (Phi) is 4.63. The van der Waals surface area contributed by atoms with Crippen LogP contribution in [0.1, 0.15) is 12.5 Å². The first-order valence-corrected chi connectivity index (χ1v) is 5.16. The number of amides is 2. The zero-order valence-corrected chi connectivity index (χ0v) is 9.44. The Morgan fingerprint density at radius 3 is 2.53 bits per heavy atom. The minimum Gasteiger partial charge on any atom is -0.368 e. The molecular formula is C12H14FN2O2. The van der Waals surface area contributed by atoms with Crippen molar-refractivity contribution in [2.75, 3.05) is 0 Å². The Balaban J connectivity index is 2.38. The summed E-state index contributed by atoms with van der Waals surface area (Å²) >= 11 is 0. The van der Waals surface area contributed by atoms with Gasteiger partial charge in [-0.05, 0) is 31.0 Å². The van der Waals surface area contributed by atoms with E-state index < -0.39 is 11.9 Å². The van der Waals surface area contributed by atoms with Gasteiger partial charge < -0.3 is 11.1 Å². The first-order chi connectivity index (χ1) is 7.99. The van der Waals surface area contributed by atoms with E-state index in [1.165, 1.54) is 25.5 Å². The molecule has 1 aromatic carbocycles. The molecule has 0 aliphatic carbocycles. The molecule has 2 amide bonds. The molecule has 0 fully saturated rings. The summed E-state index contributed by atoms with van der Waals surface area (Å²) in [5.41, 5.74) is 5.81. The first-order valence-electron chi connectivity index (χ1n) is 5.16. The molecule has 0 aromatic heterocycles. The van der Waals surface area contributed by atoms with Crippen molar-refractivity contribution in [2.24, 2.45) is 5.73 Å². The molecule has 1 rings (SSSR count). The van der Waals surface area contributed by atoms with E-state index >= 15 is 0 Å². The average Bonchev–Trinajstić information content (AvgIpc) is 2.28. The van der Waals surface area contributed by atoms with E-state index in [0.29, 0.717) is 6.42 Å². The van der Waals surface area contributed by atoms with E-state index in [9.17, 15) is 14.0 Å². The lowest BCUT2D eigenvalue weighted by molar-refractivity contribution is -0.125. The number of nitrogens with two attached hydrogens (primary N) is 1. The minimum atomic E-state index is -0.702. The first kappa shape index (κ1) is 13.2. The van der Waals surface area contributed by atoms with Crippen LogP contribution in [-0.2, 0) is 16.0 Å². The van der Waals surface area contributed by atoms with Crippen LogP contribution in [0.15, 0.2) is 24.3 Å². The Morgan fingerprint density at radius 2 is 2.00 bits per heavy atom. The molecule has 3 N–H and O–H groups in total. The molecule has 1 radical (unpaired) electrons. The second-order valence-electron chi connectivity index (χ2n) is 3.67. The maximum Gasteiger partial charge on any atom is 0.239 e. The number of hydrogen-bond acceptors (Lipinski definition) is 2. The molecule has 1 aromatic rings. The second-order valence-corrected chi connectivity index (χ2v) is 3.67. The summed E-state index contributed by atoms with van der Waals surface area (Å²) in [6.07, 6.45) is 1.75. The van der Waals surface area contributed by atoms with Gasteiger partial charge in [0.05, 0.1) is 6.42 Å². The van der Waals surface area contributed by atoms with Crippen LogP contribution >= 0.6 is 0 Å². The number of halogens is 1. The molecule has 0 spiro atoms. The fourth-order valence-electron chi connectivity index (χ4n) is 1.17. The quantitative estimate of drug-likeness (QED) is 0.785. The van der Waals surface area contributed by atoms with E-state index in [1.807, 2.05) is 0 Å². The second kappa shape index (κ2) is 5.98. The predicted octanol–water partition coefficient (Wildman–Crippen LogP) is 0.562. The number of carbonyl (C=O) groups is 2. The van der Waals surface area contributed by atoms with Crippen molar-refractivity contribution in [1.82, 2.24) is 5.32 Å². The van der Waals surface area contributed by atoms with Crippen LogP contribution in [0, 0.1) is 12.2 Å². The highest BCUT2D eigenvalue weighted by molar-refractivity contribution is 5.90. The van der Waals surface area contributed by atoms with Gasteiger partial charge in [0.15, 0.2) is 0 Å². The summed E-state index contributed by atoms with van der Waals surface area (Å²) in [5.74, 6) is -1.28. The number of hydrogen-bond donors (Lipinski definition) is 2. The van der Waals surface area contributed by atoms with Gasteiger partial charge in [0, 0.05) is 0 Å². The average molecular weight is 237 g/mol. The van der Waals surface area contributed by atoms with Crippen molar-refractivity contribution in [2.45, 2.75) is 19.4 Å². The molecule has 1 atom stereocenters. The fourth-order valence-corrected chi connectivity index (χ4v) is 1.17. The van der Waals surface area contributed by atoms with Crippen LogP contribution in [0.5, 0.6) is 0 Å². The van der Waals surface area contributed by atoms with Crippen LogP contribution in [-0.4, -0.2) is 17.9 Å². The lowest BCUT2D eigenvalue weighted by atomic mass is 10.1. The lowest BCUT2D eigenvalue weighted by Gasteiger charge is -2.09. The Bertz CT molecular complexity index is 403. The Morgan fingerprint density at radius 1 is 1.41 bits per heavy atom. The van der Waals surface area contributed by atoms with Gasteiger partial charge in [0.2, 0.25) is 11.8 Å². The van der Waals surface area contributed by atoms with Gasteiger partial charge >= 0.3 is 0 Å². The van der Waals surface area contributed by atoms with Crippen LogP contribution in [0.2, 0.25) is 0 Å². The van der Waals surface area contributed by atoms with Gasteiger partial charge in [-0.15, -0.1) is 0 Å². The number of rotatable bonds is 5. The van der Waals surface area contributed by atoms with Crippen molar-refractivity contribution >= 4 is 11.8 Å². The summed E-state index contributed by atoms with van der Waals surface area (Å²) in [4.78, 5) is 22.0. The van der Waals surface area contributed by atoms with Crippen molar-refractivity contribution in [3.8, 4) is 0 Å². The van der Waals surface area contributed by atoms with Crippen molar-refractivity contribution in [3.63, 3.8) is 0 Å². The highest BCUT2D eigenvalue weighted by Gasteiger charge is 2.11. The maximum atomic E-state index is 12.6. The van der Waals surface area contributed by atoms with Crippen molar-refractivity contribution < 1.29 is 14.0 Å². The summed E-state index contributed by atoms with van der Waals surface area (Å²) in [6, 6.07) is 5.14. The molecule has 0 heterocycles. The topological polar surface area (TPSA) is 72.2 Å². The fraction of sp³-hybridized carbons (Fsp3) is 0.250. The summed E-state index contributed by atoms with van der Waals surface area (Å²) in [7, 11) is 0. The van der Waals surface area contributed by atoms with Crippen LogP contribution < -0.4 is 11.1 Å². The van der Waals surface area contributed by atoms with E-state index in [-0.39, 0.29) is 11.7 Å². The molecule has 0 saturated heterocycles. The number of carbonyl (C=O) groups excluding carboxylic acids is 2. The Hall–Kier alpha value is -1.91. The largest absolute Gasteiger partial charge is 0.368 e. The van der Waals surface area contributed by atoms with Gasteiger partial charge in [-0.2, -0.15) is 0 Å². The van der Waals surface area contributed by atoms with E-state index in [0.717, 1.165) is 5.56 Å². The molecule has 91 valence electrons. The van der Waals surface area contributed by atoms with E-state index in [4.69, 9.17) is 5.73 Å². The molecule has 17 heavy (non-hydrogen) atoms. The third kappa shape index (κ3) is 4.63. The summed E-state index contributed by atoms with van der Waals surface area (Å²) < 4.78 is 12.6. The number of benzene rings is 1. The lowest BCUT2D eigenvalue weighted by Crippen LogP contribution is -2.42. The number of primary amides is 1. The third-order valence-corrected chi connectivity index (χ3v) is 2.22. The molecule has 0 saturated carbocycles. The summed E-state index contributed by atoms with van der Waals surface area (Å²) in [5, 5.41) is 2.42. The normalized spacial score (nSPS) is 11.9. The molecule has 0 aliphatic heterocycles. The molecular weight excluding hydrogens is 223 g/mol. The summed E-state index contributed by atoms with van der Waals surface area (Å²) in [6.45, 7) is 1.51. The van der Waals surface area contributed by atoms with Gasteiger partial charge in [-0.3, -0.25) is 9.59 Å². The molecule has 5 heteroatoms. The van der Waals surface area contributed by atoms with Gasteiger partial charge in [-0.1, -0.05) is 12.1 Å². The van der Waals surface area contributed by atoms with E-state index in [1.54, 1.807) is 12.1 Å². The molecule has 1 unspecified atom stereocenters. The standard InChI is InChI=1S/C12H14FN2O2/c1-8(12(14)17)15-11(16)7-4-9-2-5-10(13)6-3-9/h2-3,5-8H,4H2,1H3,(H2,14,17)(H,15,16). The minimum absolute atomic E-state index is 0.319. The molecule has 4 nitrogen and oxygen atoms in total.